The van der Waals surface area contributed by atoms with Crippen molar-refractivity contribution < 1.29 is 0 Å². The average molecular weight is 207 g/mol. The smallest absolute Gasteiger partial charge is 0.125 e. The van der Waals surface area contributed by atoms with Crippen molar-refractivity contribution in [2.75, 3.05) is 0 Å². The topological polar surface area (TPSA) is 51.8 Å². The molecule has 0 saturated carbocycles. The van der Waals surface area contributed by atoms with Gasteiger partial charge >= 0.3 is 0 Å². The van der Waals surface area contributed by atoms with E-state index in [2.05, 4.69) is 23.8 Å². The van der Waals surface area contributed by atoms with Gasteiger partial charge in [-0.25, -0.2) is 9.97 Å². The first-order valence-corrected chi connectivity index (χ1v) is 5.63. The normalized spacial score (nSPS) is 12.9. The molecule has 1 aromatic rings. The van der Waals surface area contributed by atoms with E-state index in [4.69, 9.17) is 5.73 Å². The lowest BCUT2D eigenvalue weighted by Crippen LogP contribution is -2.17. The van der Waals surface area contributed by atoms with E-state index in [0.717, 1.165) is 30.8 Å². The molecular weight excluding hydrogens is 186 g/mol. The Balaban J connectivity index is 2.93. The van der Waals surface area contributed by atoms with Crippen LogP contribution >= 0.6 is 0 Å². The Morgan fingerprint density at radius 1 is 1.27 bits per heavy atom. The maximum Gasteiger partial charge on any atom is 0.125 e. The van der Waals surface area contributed by atoms with Crippen LogP contribution in [0.4, 0.5) is 0 Å². The Labute approximate surface area is 92.1 Å². The molecule has 3 heteroatoms. The molecule has 0 radical (unpaired) electrons. The number of nitrogens with zero attached hydrogens (tertiary/aromatic N) is 2. The average Bonchev–Trinajstić information content (AvgIpc) is 2.13. The molecule has 2 N–H and O–H groups in total. The number of hydrogen-bond acceptors (Lipinski definition) is 3. The zero-order valence-corrected chi connectivity index (χ0v) is 10.2. The van der Waals surface area contributed by atoms with E-state index in [1.54, 1.807) is 0 Å². The zero-order chi connectivity index (χ0) is 11.4. The van der Waals surface area contributed by atoms with Crippen LogP contribution in [-0.2, 0) is 12.8 Å². The van der Waals surface area contributed by atoms with E-state index in [-0.39, 0.29) is 6.04 Å². The Bertz CT molecular complexity index is 332. The Morgan fingerprint density at radius 2 is 1.93 bits per heavy atom. The molecule has 0 aliphatic carbocycles. The summed E-state index contributed by atoms with van der Waals surface area (Å²) < 4.78 is 0. The summed E-state index contributed by atoms with van der Waals surface area (Å²) >= 11 is 0. The van der Waals surface area contributed by atoms with Gasteiger partial charge in [-0.05, 0) is 45.6 Å². The van der Waals surface area contributed by atoms with Crippen LogP contribution in [-0.4, -0.2) is 16.0 Å². The van der Waals surface area contributed by atoms with Gasteiger partial charge in [0.05, 0.1) is 0 Å². The van der Waals surface area contributed by atoms with Gasteiger partial charge in [-0.3, -0.25) is 0 Å². The third kappa shape index (κ3) is 3.27. The van der Waals surface area contributed by atoms with Crippen LogP contribution in [0.25, 0.3) is 0 Å². The van der Waals surface area contributed by atoms with Crippen LogP contribution in [0.15, 0.2) is 0 Å². The van der Waals surface area contributed by atoms with Crippen molar-refractivity contribution in [3.05, 3.63) is 22.8 Å². The first-order valence-electron chi connectivity index (χ1n) is 5.63. The molecule has 0 aliphatic rings. The Morgan fingerprint density at radius 3 is 2.47 bits per heavy atom. The van der Waals surface area contributed by atoms with Crippen LogP contribution in [0, 0.1) is 13.8 Å². The second kappa shape index (κ2) is 5.21. The lowest BCUT2D eigenvalue weighted by Gasteiger charge is -2.11. The first kappa shape index (κ1) is 12.1. The van der Waals surface area contributed by atoms with Gasteiger partial charge in [-0.1, -0.05) is 6.92 Å². The molecule has 0 aliphatic heterocycles. The highest BCUT2D eigenvalue weighted by Crippen LogP contribution is 2.14. The predicted molar refractivity (Wildman–Crippen MR) is 62.9 cm³/mol. The summed E-state index contributed by atoms with van der Waals surface area (Å²) in [6.07, 6.45) is 2.95. The highest BCUT2D eigenvalue weighted by atomic mass is 14.9. The standard InChI is InChI=1S/C12H21N3/c1-5-11-9(3)14-10(4)15-12(11)7-6-8(2)13/h8H,5-7,13H2,1-4H3. The molecule has 0 saturated heterocycles. The van der Waals surface area contributed by atoms with E-state index in [9.17, 15) is 0 Å². The third-order valence-electron chi connectivity index (χ3n) is 2.60. The quantitative estimate of drug-likeness (QED) is 0.821. The summed E-state index contributed by atoms with van der Waals surface area (Å²) in [5.41, 5.74) is 9.35. The molecule has 0 spiro atoms. The Kier molecular flexibility index (Phi) is 4.21. The molecule has 0 aromatic carbocycles. The van der Waals surface area contributed by atoms with Crippen molar-refractivity contribution in [1.82, 2.24) is 9.97 Å². The molecule has 0 bridgehead atoms. The third-order valence-corrected chi connectivity index (χ3v) is 2.60. The first-order chi connectivity index (χ1) is 7.04. The number of rotatable bonds is 4. The fraction of sp³-hybridized carbons (Fsp3) is 0.667. The molecule has 1 atom stereocenters. The molecule has 0 amide bonds. The van der Waals surface area contributed by atoms with Gasteiger partial charge in [0.25, 0.3) is 0 Å². The molecule has 1 heterocycles. The number of aryl methyl sites for hydroxylation is 3. The summed E-state index contributed by atoms with van der Waals surface area (Å²) in [5, 5.41) is 0. The van der Waals surface area contributed by atoms with Gasteiger partial charge < -0.3 is 5.73 Å². The van der Waals surface area contributed by atoms with E-state index >= 15 is 0 Å². The van der Waals surface area contributed by atoms with Crippen molar-refractivity contribution >= 4 is 0 Å². The lowest BCUT2D eigenvalue weighted by atomic mass is 10.0. The summed E-state index contributed by atoms with van der Waals surface area (Å²) in [7, 11) is 0. The van der Waals surface area contributed by atoms with Crippen molar-refractivity contribution in [1.29, 1.82) is 0 Å². The van der Waals surface area contributed by atoms with Gasteiger partial charge in [0.15, 0.2) is 0 Å². The van der Waals surface area contributed by atoms with Crippen LogP contribution in [0.3, 0.4) is 0 Å². The highest BCUT2D eigenvalue weighted by molar-refractivity contribution is 5.25. The predicted octanol–water partition coefficient (Wildman–Crippen LogP) is 1.94. The van der Waals surface area contributed by atoms with E-state index < -0.39 is 0 Å². The molecule has 3 nitrogen and oxygen atoms in total. The zero-order valence-electron chi connectivity index (χ0n) is 10.2. The van der Waals surface area contributed by atoms with Crippen LogP contribution in [0.2, 0.25) is 0 Å². The maximum absolute atomic E-state index is 5.76. The number of nitrogens with two attached hydrogens (primary N) is 1. The molecule has 1 rings (SSSR count). The van der Waals surface area contributed by atoms with Crippen molar-refractivity contribution in [3.63, 3.8) is 0 Å². The summed E-state index contributed by atoms with van der Waals surface area (Å²) in [5.74, 6) is 0.865. The van der Waals surface area contributed by atoms with Crippen LogP contribution < -0.4 is 5.73 Å². The van der Waals surface area contributed by atoms with Gasteiger partial charge in [-0.15, -0.1) is 0 Å². The molecule has 1 unspecified atom stereocenters. The highest BCUT2D eigenvalue weighted by Gasteiger charge is 2.08. The minimum atomic E-state index is 0.241. The lowest BCUT2D eigenvalue weighted by molar-refractivity contribution is 0.650. The monoisotopic (exact) mass is 207 g/mol. The van der Waals surface area contributed by atoms with E-state index in [1.165, 1.54) is 11.3 Å². The minimum Gasteiger partial charge on any atom is -0.328 e. The van der Waals surface area contributed by atoms with Crippen molar-refractivity contribution in [2.45, 2.75) is 53.0 Å². The summed E-state index contributed by atoms with van der Waals surface area (Å²) in [6.45, 7) is 8.19. The van der Waals surface area contributed by atoms with Gasteiger partial charge in [-0.2, -0.15) is 0 Å². The van der Waals surface area contributed by atoms with Gasteiger partial charge in [0.2, 0.25) is 0 Å². The van der Waals surface area contributed by atoms with Gasteiger partial charge in [0.1, 0.15) is 5.82 Å². The molecule has 84 valence electrons. The Hall–Kier alpha value is -0.960. The van der Waals surface area contributed by atoms with Crippen LogP contribution in [0.1, 0.15) is 43.0 Å². The second-order valence-corrected chi connectivity index (χ2v) is 4.15. The van der Waals surface area contributed by atoms with Crippen LogP contribution in [0.5, 0.6) is 0 Å². The SMILES string of the molecule is CCc1c(C)nc(C)nc1CCC(C)N. The minimum absolute atomic E-state index is 0.241. The van der Waals surface area contributed by atoms with Gasteiger partial charge in [0, 0.05) is 17.4 Å². The largest absolute Gasteiger partial charge is 0.328 e. The molecule has 15 heavy (non-hydrogen) atoms. The van der Waals surface area contributed by atoms with E-state index in [0.29, 0.717) is 0 Å². The fourth-order valence-electron chi connectivity index (χ4n) is 1.84. The number of hydrogen-bond donors (Lipinski definition) is 1. The van der Waals surface area contributed by atoms with E-state index in [1.807, 2.05) is 13.8 Å². The van der Waals surface area contributed by atoms with Crippen molar-refractivity contribution in [3.8, 4) is 0 Å². The van der Waals surface area contributed by atoms with Crippen molar-refractivity contribution in [2.24, 2.45) is 5.73 Å². The summed E-state index contributed by atoms with van der Waals surface area (Å²) in [4.78, 5) is 8.90. The maximum atomic E-state index is 5.76. The number of aromatic nitrogens is 2. The fourth-order valence-corrected chi connectivity index (χ4v) is 1.84. The molecule has 0 fully saturated rings. The summed E-state index contributed by atoms with van der Waals surface area (Å²) in [6, 6.07) is 0.241. The molecular formula is C12H21N3. The second-order valence-electron chi connectivity index (χ2n) is 4.15. The molecule has 1 aromatic heterocycles.